The molecule has 1 aromatic heterocycles. The molecule has 5 nitrogen and oxygen atoms in total. The molecule has 96 valence electrons. The van der Waals surface area contributed by atoms with Crippen LogP contribution in [0.15, 0.2) is 24.5 Å². The van der Waals surface area contributed by atoms with Crippen molar-refractivity contribution >= 4 is 0 Å². The SMILES string of the molecule is Cc1cc(C(Cc2ncnn2C)NN)ccc1F. The predicted octanol–water partition coefficient (Wildman–Crippen LogP) is 1.01. The number of rotatable bonds is 4. The molecule has 1 atom stereocenters. The Bertz CT molecular complexity index is 537. The van der Waals surface area contributed by atoms with Crippen LogP contribution >= 0.6 is 0 Å². The lowest BCUT2D eigenvalue weighted by Gasteiger charge is -2.16. The van der Waals surface area contributed by atoms with Gasteiger partial charge in [-0.1, -0.05) is 12.1 Å². The molecule has 6 heteroatoms. The molecule has 18 heavy (non-hydrogen) atoms. The average molecular weight is 249 g/mol. The molecule has 0 fully saturated rings. The van der Waals surface area contributed by atoms with E-state index in [4.69, 9.17) is 5.84 Å². The van der Waals surface area contributed by atoms with Gasteiger partial charge in [-0.15, -0.1) is 0 Å². The number of aromatic nitrogens is 3. The molecule has 0 aliphatic rings. The fourth-order valence-electron chi connectivity index (χ4n) is 1.85. The number of hydrogen-bond donors (Lipinski definition) is 2. The second-order valence-electron chi connectivity index (χ2n) is 4.23. The smallest absolute Gasteiger partial charge is 0.138 e. The van der Waals surface area contributed by atoms with Gasteiger partial charge in [0.15, 0.2) is 0 Å². The zero-order valence-corrected chi connectivity index (χ0v) is 10.4. The number of hydrazine groups is 1. The van der Waals surface area contributed by atoms with E-state index in [-0.39, 0.29) is 11.9 Å². The van der Waals surface area contributed by atoms with Gasteiger partial charge in [-0.25, -0.2) is 9.37 Å². The minimum Gasteiger partial charge on any atom is -0.271 e. The lowest BCUT2D eigenvalue weighted by molar-refractivity contribution is 0.521. The normalized spacial score (nSPS) is 12.7. The fourth-order valence-corrected chi connectivity index (χ4v) is 1.85. The topological polar surface area (TPSA) is 68.8 Å². The number of nitrogens with one attached hydrogen (secondary N) is 1. The molecule has 0 amide bonds. The maximum atomic E-state index is 13.2. The quantitative estimate of drug-likeness (QED) is 0.627. The summed E-state index contributed by atoms with van der Waals surface area (Å²) >= 11 is 0. The van der Waals surface area contributed by atoms with Crippen molar-refractivity contribution in [3.8, 4) is 0 Å². The van der Waals surface area contributed by atoms with Crippen LogP contribution in [0.25, 0.3) is 0 Å². The van der Waals surface area contributed by atoms with Gasteiger partial charge < -0.3 is 0 Å². The molecular formula is C12H16FN5. The van der Waals surface area contributed by atoms with Crippen LogP contribution in [0.1, 0.15) is 23.0 Å². The highest BCUT2D eigenvalue weighted by atomic mass is 19.1. The molecule has 0 saturated heterocycles. The summed E-state index contributed by atoms with van der Waals surface area (Å²) in [5.41, 5.74) is 4.26. The Kier molecular flexibility index (Phi) is 3.69. The van der Waals surface area contributed by atoms with Crippen LogP contribution in [0, 0.1) is 12.7 Å². The van der Waals surface area contributed by atoms with Crippen molar-refractivity contribution in [1.82, 2.24) is 20.2 Å². The molecule has 3 N–H and O–H groups in total. The van der Waals surface area contributed by atoms with Crippen LogP contribution in [0.2, 0.25) is 0 Å². The molecule has 0 radical (unpaired) electrons. The van der Waals surface area contributed by atoms with E-state index >= 15 is 0 Å². The third-order valence-corrected chi connectivity index (χ3v) is 2.98. The van der Waals surface area contributed by atoms with Crippen molar-refractivity contribution in [2.75, 3.05) is 0 Å². The van der Waals surface area contributed by atoms with Crippen molar-refractivity contribution < 1.29 is 4.39 Å². The number of aryl methyl sites for hydroxylation is 2. The van der Waals surface area contributed by atoms with E-state index < -0.39 is 0 Å². The number of hydrogen-bond acceptors (Lipinski definition) is 4. The minimum absolute atomic E-state index is 0.118. The van der Waals surface area contributed by atoms with Gasteiger partial charge in [0, 0.05) is 13.5 Å². The minimum atomic E-state index is -0.215. The van der Waals surface area contributed by atoms with Crippen molar-refractivity contribution in [3.63, 3.8) is 0 Å². The lowest BCUT2D eigenvalue weighted by atomic mass is 10.0. The molecule has 0 saturated carbocycles. The predicted molar refractivity (Wildman–Crippen MR) is 65.9 cm³/mol. The average Bonchev–Trinajstić information content (AvgIpc) is 2.75. The molecule has 1 unspecified atom stereocenters. The molecule has 0 aliphatic carbocycles. The first-order chi connectivity index (χ1) is 8.61. The Morgan fingerprint density at radius 1 is 1.50 bits per heavy atom. The van der Waals surface area contributed by atoms with Gasteiger partial charge in [-0.2, -0.15) is 5.10 Å². The second kappa shape index (κ2) is 5.24. The third kappa shape index (κ3) is 2.55. The first kappa shape index (κ1) is 12.7. The van der Waals surface area contributed by atoms with E-state index in [1.807, 2.05) is 7.05 Å². The first-order valence-electron chi connectivity index (χ1n) is 5.67. The molecule has 0 spiro atoms. The molecule has 2 rings (SSSR count). The molecule has 0 aliphatic heterocycles. The van der Waals surface area contributed by atoms with Crippen LogP contribution in [-0.2, 0) is 13.5 Å². The Morgan fingerprint density at radius 2 is 2.28 bits per heavy atom. The lowest BCUT2D eigenvalue weighted by Crippen LogP contribution is -2.30. The summed E-state index contributed by atoms with van der Waals surface area (Å²) in [6.07, 6.45) is 2.09. The third-order valence-electron chi connectivity index (χ3n) is 2.98. The van der Waals surface area contributed by atoms with Crippen LogP contribution in [0.4, 0.5) is 4.39 Å². The standard InChI is InChI=1S/C12H16FN5/c1-8-5-9(3-4-10(8)13)11(17-14)6-12-15-7-16-18(12)2/h3-5,7,11,17H,6,14H2,1-2H3. The zero-order valence-electron chi connectivity index (χ0n) is 10.4. The fraction of sp³-hybridized carbons (Fsp3) is 0.333. The molecule has 2 aromatic rings. The van der Waals surface area contributed by atoms with Gasteiger partial charge in [-0.05, 0) is 24.1 Å². The summed E-state index contributed by atoms with van der Waals surface area (Å²) in [6, 6.07) is 4.85. The largest absolute Gasteiger partial charge is 0.271 e. The highest BCUT2D eigenvalue weighted by Crippen LogP contribution is 2.19. The van der Waals surface area contributed by atoms with Crippen molar-refractivity contribution in [2.24, 2.45) is 12.9 Å². The van der Waals surface area contributed by atoms with E-state index in [9.17, 15) is 4.39 Å². The van der Waals surface area contributed by atoms with Crippen LogP contribution in [-0.4, -0.2) is 14.8 Å². The van der Waals surface area contributed by atoms with Gasteiger partial charge >= 0.3 is 0 Å². The van der Waals surface area contributed by atoms with Crippen molar-refractivity contribution in [1.29, 1.82) is 0 Å². The summed E-state index contributed by atoms with van der Waals surface area (Å²) < 4.78 is 14.9. The van der Waals surface area contributed by atoms with E-state index in [0.717, 1.165) is 11.4 Å². The van der Waals surface area contributed by atoms with E-state index in [2.05, 4.69) is 15.5 Å². The van der Waals surface area contributed by atoms with Gasteiger partial charge in [0.05, 0.1) is 6.04 Å². The van der Waals surface area contributed by atoms with Crippen molar-refractivity contribution in [3.05, 3.63) is 47.3 Å². The molecule has 1 heterocycles. The maximum absolute atomic E-state index is 13.2. The van der Waals surface area contributed by atoms with E-state index in [1.54, 1.807) is 23.7 Å². The Morgan fingerprint density at radius 3 is 2.83 bits per heavy atom. The van der Waals surface area contributed by atoms with Crippen LogP contribution < -0.4 is 11.3 Å². The summed E-state index contributed by atoms with van der Waals surface area (Å²) in [4.78, 5) is 4.15. The Balaban J connectivity index is 2.23. The molecule has 0 bridgehead atoms. The number of benzene rings is 1. The molecule has 1 aromatic carbocycles. The monoisotopic (exact) mass is 249 g/mol. The number of nitrogens with two attached hydrogens (primary N) is 1. The van der Waals surface area contributed by atoms with Gasteiger partial charge in [0.25, 0.3) is 0 Å². The Labute approximate surface area is 105 Å². The maximum Gasteiger partial charge on any atom is 0.138 e. The number of halogens is 1. The summed E-state index contributed by atoms with van der Waals surface area (Å²) in [7, 11) is 1.83. The van der Waals surface area contributed by atoms with E-state index in [1.165, 1.54) is 12.4 Å². The van der Waals surface area contributed by atoms with Gasteiger partial charge in [0.1, 0.15) is 18.0 Å². The van der Waals surface area contributed by atoms with Gasteiger partial charge in [-0.3, -0.25) is 16.0 Å². The van der Waals surface area contributed by atoms with E-state index in [0.29, 0.717) is 12.0 Å². The summed E-state index contributed by atoms with van der Waals surface area (Å²) in [5.74, 6) is 6.16. The van der Waals surface area contributed by atoms with Crippen LogP contribution in [0.5, 0.6) is 0 Å². The highest BCUT2D eigenvalue weighted by Gasteiger charge is 2.14. The summed E-state index contributed by atoms with van der Waals surface area (Å²) in [5, 5.41) is 4.01. The zero-order chi connectivity index (χ0) is 13.1. The van der Waals surface area contributed by atoms with Crippen LogP contribution in [0.3, 0.4) is 0 Å². The summed E-state index contributed by atoms with van der Waals surface area (Å²) in [6.45, 7) is 1.73. The first-order valence-corrected chi connectivity index (χ1v) is 5.67. The molecular weight excluding hydrogens is 233 g/mol. The number of nitrogens with zero attached hydrogens (tertiary/aromatic N) is 3. The highest BCUT2D eigenvalue weighted by molar-refractivity contribution is 5.27. The Hall–Kier alpha value is -1.79. The second-order valence-corrected chi connectivity index (χ2v) is 4.23. The van der Waals surface area contributed by atoms with Gasteiger partial charge in [0.2, 0.25) is 0 Å². The van der Waals surface area contributed by atoms with Crippen molar-refractivity contribution in [2.45, 2.75) is 19.4 Å².